The predicted molar refractivity (Wildman–Crippen MR) is 84.8 cm³/mol. The van der Waals surface area contributed by atoms with E-state index in [0.29, 0.717) is 5.41 Å². The molecule has 1 atom stereocenters. The maximum Gasteiger partial charge on any atom is 0.0547 e. The zero-order valence-corrected chi connectivity index (χ0v) is 14.1. The van der Waals surface area contributed by atoms with Gasteiger partial charge in [-0.2, -0.15) is 0 Å². The zero-order valence-electron chi connectivity index (χ0n) is 11.7. The van der Waals surface area contributed by atoms with Crippen LogP contribution in [0.1, 0.15) is 18.2 Å². The van der Waals surface area contributed by atoms with Crippen molar-refractivity contribution in [3.8, 4) is 0 Å². The van der Waals surface area contributed by atoms with E-state index in [1.165, 1.54) is 15.8 Å². The minimum atomic E-state index is 0.291. The Labute approximate surface area is 128 Å². The Morgan fingerprint density at radius 2 is 2.42 bits per heavy atom. The first kappa shape index (κ1) is 15.4. The average Bonchev–Trinajstić information content (AvgIpc) is 2.97. The molecule has 1 fully saturated rings. The molecule has 1 aromatic heterocycles. The van der Waals surface area contributed by atoms with Crippen molar-refractivity contribution in [2.24, 2.45) is 5.41 Å². The van der Waals surface area contributed by atoms with Gasteiger partial charge >= 0.3 is 0 Å². The van der Waals surface area contributed by atoms with Crippen molar-refractivity contribution in [3.05, 3.63) is 20.8 Å². The van der Waals surface area contributed by atoms with E-state index in [0.717, 1.165) is 39.4 Å². The zero-order chi connectivity index (χ0) is 13.7. The maximum absolute atomic E-state index is 5.64. The first-order chi connectivity index (χ1) is 9.13. The third-order valence-corrected chi connectivity index (χ3v) is 5.27. The lowest BCUT2D eigenvalue weighted by Crippen LogP contribution is -2.43. The predicted octanol–water partition coefficient (Wildman–Crippen LogP) is 2.96. The van der Waals surface area contributed by atoms with Crippen LogP contribution in [-0.2, 0) is 11.3 Å². The first-order valence-electron chi connectivity index (χ1n) is 6.83. The summed E-state index contributed by atoms with van der Waals surface area (Å²) in [4.78, 5) is 3.83. The summed E-state index contributed by atoms with van der Waals surface area (Å²) in [5.74, 6) is 0. The van der Waals surface area contributed by atoms with E-state index < -0.39 is 0 Å². The molecule has 0 spiro atoms. The molecule has 0 amide bonds. The summed E-state index contributed by atoms with van der Waals surface area (Å²) in [5, 5.41) is 5.64. The largest absolute Gasteiger partial charge is 0.381 e. The molecule has 1 saturated heterocycles. The fraction of sp³-hybridized carbons (Fsp3) is 0.714. The van der Waals surface area contributed by atoms with Crippen molar-refractivity contribution in [1.82, 2.24) is 10.2 Å². The lowest BCUT2D eigenvalue weighted by atomic mass is 9.86. The van der Waals surface area contributed by atoms with Crippen LogP contribution in [0, 0.1) is 5.41 Å². The molecule has 1 aliphatic heterocycles. The second-order valence-electron chi connectivity index (χ2n) is 5.49. The number of thiophene rings is 1. The van der Waals surface area contributed by atoms with Gasteiger partial charge < -0.3 is 15.0 Å². The van der Waals surface area contributed by atoms with Gasteiger partial charge in [-0.05, 0) is 42.0 Å². The number of ether oxygens (including phenoxy) is 1. The Kier molecular flexibility index (Phi) is 5.84. The minimum Gasteiger partial charge on any atom is -0.381 e. The van der Waals surface area contributed by atoms with Gasteiger partial charge in [-0.1, -0.05) is 6.92 Å². The highest BCUT2D eigenvalue weighted by atomic mass is 79.9. The van der Waals surface area contributed by atoms with Gasteiger partial charge in [0, 0.05) is 46.4 Å². The Hall–Kier alpha value is 0.0600. The van der Waals surface area contributed by atoms with Crippen molar-refractivity contribution >= 4 is 27.3 Å². The number of hydrogen-bond acceptors (Lipinski definition) is 4. The topological polar surface area (TPSA) is 24.5 Å². The lowest BCUT2D eigenvalue weighted by molar-refractivity contribution is 0.117. The Morgan fingerprint density at radius 1 is 1.58 bits per heavy atom. The highest BCUT2D eigenvalue weighted by Gasteiger charge is 2.35. The molecule has 0 saturated carbocycles. The quantitative estimate of drug-likeness (QED) is 0.821. The van der Waals surface area contributed by atoms with E-state index in [1.807, 2.05) is 11.3 Å². The second-order valence-corrected chi connectivity index (χ2v) is 7.40. The fourth-order valence-electron chi connectivity index (χ4n) is 2.69. The normalized spacial score (nSPS) is 23.4. The van der Waals surface area contributed by atoms with Crippen LogP contribution in [0.3, 0.4) is 0 Å². The van der Waals surface area contributed by atoms with Crippen molar-refractivity contribution < 1.29 is 4.74 Å². The lowest BCUT2D eigenvalue weighted by Gasteiger charge is -2.32. The molecule has 5 heteroatoms. The van der Waals surface area contributed by atoms with Crippen LogP contribution in [-0.4, -0.2) is 44.8 Å². The maximum atomic E-state index is 5.64. The van der Waals surface area contributed by atoms with Crippen LogP contribution in [0.15, 0.2) is 15.9 Å². The summed E-state index contributed by atoms with van der Waals surface area (Å²) in [6.45, 7) is 8.16. The monoisotopic (exact) mass is 346 g/mol. The van der Waals surface area contributed by atoms with Crippen molar-refractivity contribution in [2.45, 2.75) is 19.9 Å². The van der Waals surface area contributed by atoms with Gasteiger partial charge in [0.15, 0.2) is 0 Å². The van der Waals surface area contributed by atoms with Gasteiger partial charge in [-0.25, -0.2) is 0 Å². The van der Waals surface area contributed by atoms with E-state index in [2.05, 4.69) is 51.6 Å². The average molecular weight is 347 g/mol. The molecule has 19 heavy (non-hydrogen) atoms. The highest BCUT2D eigenvalue weighted by molar-refractivity contribution is 9.10. The number of halogens is 1. The van der Waals surface area contributed by atoms with Crippen LogP contribution in [0.2, 0.25) is 0 Å². The Morgan fingerprint density at radius 3 is 3.00 bits per heavy atom. The third kappa shape index (κ3) is 4.53. The summed E-state index contributed by atoms with van der Waals surface area (Å²) in [7, 11) is 2.21. The summed E-state index contributed by atoms with van der Waals surface area (Å²) in [5.41, 5.74) is 0.291. The van der Waals surface area contributed by atoms with E-state index in [9.17, 15) is 0 Å². The molecule has 1 unspecified atom stereocenters. The van der Waals surface area contributed by atoms with Crippen LogP contribution in [0.5, 0.6) is 0 Å². The molecule has 0 aromatic carbocycles. The summed E-state index contributed by atoms with van der Waals surface area (Å²) in [6.07, 6.45) is 1.17. The van der Waals surface area contributed by atoms with Gasteiger partial charge in [0.05, 0.1) is 6.61 Å². The number of nitrogens with zero attached hydrogens (tertiary/aromatic N) is 1. The Bertz CT molecular complexity index is 391. The van der Waals surface area contributed by atoms with Gasteiger partial charge in [-0.15, -0.1) is 11.3 Å². The number of rotatable bonds is 7. The third-order valence-electron chi connectivity index (χ3n) is 3.59. The fourth-order valence-corrected chi connectivity index (χ4v) is 4.22. The van der Waals surface area contributed by atoms with Crippen molar-refractivity contribution in [3.63, 3.8) is 0 Å². The van der Waals surface area contributed by atoms with Crippen molar-refractivity contribution in [1.29, 1.82) is 0 Å². The van der Waals surface area contributed by atoms with Gasteiger partial charge in [0.25, 0.3) is 0 Å². The van der Waals surface area contributed by atoms with Crippen molar-refractivity contribution in [2.75, 3.05) is 39.9 Å². The van der Waals surface area contributed by atoms with Crippen LogP contribution >= 0.6 is 27.3 Å². The first-order valence-corrected chi connectivity index (χ1v) is 8.51. The van der Waals surface area contributed by atoms with E-state index in [1.54, 1.807) is 0 Å². The molecule has 108 valence electrons. The molecule has 2 heterocycles. The second kappa shape index (κ2) is 7.18. The molecular formula is C14H23BrN2OS. The van der Waals surface area contributed by atoms with E-state index in [-0.39, 0.29) is 0 Å². The smallest absolute Gasteiger partial charge is 0.0547 e. The molecule has 1 aliphatic rings. The molecule has 1 aromatic rings. The van der Waals surface area contributed by atoms with Gasteiger partial charge in [-0.3, -0.25) is 0 Å². The number of nitrogens with one attached hydrogen (secondary N) is 1. The summed E-state index contributed by atoms with van der Waals surface area (Å²) in [6, 6.07) is 2.21. The van der Waals surface area contributed by atoms with E-state index >= 15 is 0 Å². The molecule has 0 bridgehead atoms. The van der Waals surface area contributed by atoms with Gasteiger partial charge in [0.1, 0.15) is 0 Å². The molecule has 1 N–H and O–H groups in total. The highest BCUT2D eigenvalue weighted by Crippen LogP contribution is 2.30. The molecule has 0 aliphatic carbocycles. The van der Waals surface area contributed by atoms with Crippen LogP contribution in [0.4, 0.5) is 0 Å². The molecular weight excluding hydrogens is 324 g/mol. The minimum absolute atomic E-state index is 0.291. The Balaban J connectivity index is 1.89. The number of hydrogen-bond donors (Lipinski definition) is 1. The molecule has 0 radical (unpaired) electrons. The summed E-state index contributed by atoms with van der Waals surface area (Å²) >= 11 is 5.33. The summed E-state index contributed by atoms with van der Waals surface area (Å²) < 4.78 is 6.83. The molecule has 3 nitrogen and oxygen atoms in total. The van der Waals surface area contributed by atoms with Crippen LogP contribution in [0.25, 0.3) is 0 Å². The van der Waals surface area contributed by atoms with Gasteiger partial charge in [0.2, 0.25) is 0 Å². The van der Waals surface area contributed by atoms with E-state index in [4.69, 9.17) is 4.74 Å². The SMILES string of the molecule is CCNCC1(CN(C)Cc2cc(Br)cs2)CCOC1. The molecule has 2 rings (SSSR count). The standard InChI is InChI=1S/C14H23BrN2OS/c1-3-16-9-14(4-5-18-11-14)10-17(2)7-13-6-12(15)8-19-13/h6,8,16H,3-5,7,9-11H2,1-2H3. The van der Waals surface area contributed by atoms with Crippen LogP contribution < -0.4 is 5.32 Å².